The Balaban J connectivity index is 1.35. The number of rotatable bonds is 5. The molecule has 0 radical (unpaired) electrons. The summed E-state index contributed by atoms with van der Waals surface area (Å²) in [6, 6.07) is 13.9. The molecule has 0 atom stereocenters. The fourth-order valence-corrected chi connectivity index (χ4v) is 4.63. The minimum atomic E-state index is -0.384. The van der Waals surface area contributed by atoms with Crippen LogP contribution in [0.4, 0.5) is 4.39 Å². The van der Waals surface area contributed by atoms with E-state index in [1.165, 1.54) is 23.0 Å². The monoisotopic (exact) mass is 419 g/mol. The molecule has 7 heteroatoms. The molecule has 1 saturated carbocycles. The van der Waals surface area contributed by atoms with Crippen LogP contribution in [0.25, 0.3) is 22.1 Å². The lowest BCUT2D eigenvalue weighted by atomic mass is 9.79. The van der Waals surface area contributed by atoms with E-state index in [0.717, 1.165) is 36.6 Å². The lowest BCUT2D eigenvalue weighted by Gasteiger charge is -2.30. The third kappa shape index (κ3) is 3.50. The van der Waals surface area contributed by atoms with E-state index < -0.39 is 0 Å². The summed E-state index contributed by atoms with van der Waals surface area (Å²) in [6.07, 6.45) is 5.40. The highest BCUT2D eigenvalue weighted by atomic mass is 19.1. The Labute approximate surface area is 177 Å². The van der Waals surface area contributed by atoms with Crippen LogP contribution in [0.15, 0.2) is 64.1 Å². The van der Waals surface area contributed by atoms with Crippen molar-refractivity contribution in [3.8, 4) is 0 Å². The molecule has 4 aromatic rings. The summed E-state index contributed by atoms with van der Waals surface area (Å²) in [7, 11) is 0. The minimum absolute atomic E-state index is 0.141. The smallest absolute Gasteiger partial charge is 0.297 e. The second-order valence-electron chi connectivity index (χ2n) is 8.22. The first-order valence-corrected chi connectivity index (χ1v) is 10.5. The number of para-hydroxylation sites is 1. The van der Waals surface area contributed by atoms with Crippen LogP contribution in [0.1, 0.15) is 31.2 Å². The highest BCUT2D eigenvalue weighted by molar-refractivity contribution is 6.01. The number of furan rings is 1. The fourth-order valence-electron chi connectivity index (χ4n) is 4.63. The molecule has 1 fully saturated rings. The van der Waals surface area contributed by atoms with E-state index in [2.05, 4.69) is 10.3 Å². The Morgan fingerprint density at radius 2 is 1.87 bits per heavy atom. The van der Waals surface area contributed by atoms with Gasteiger partial charge in [0.2, 0.25) is 11.5 Å². The molecular formula is C24H22FN3O3. The number of carbonyl (C=O) groups is 1. The predicted octanol–water partition coefficient (Wildman–Crippen LogP) is 3.91. The Hall–Kier alpha value is -3.48. The van der Waals surface area contributed by atoms with Crippen molar-refractivity contribution in [2.45, 2.75) is 37.6 Å². The van der Waals surface area contributed by atoms with Gasteiger partial charge in [-0.1, -0.05) is 37.1 Å². The Bertz CT molecular complexity index is 1320. The number of benzene rings is 2. The first kappa shape index (κ1) is 19.5. The molecule has 0 spiro atoms. The Morgan fingerprint density at radius 3 is 2.65 bits per heavy atom. The molecule has 2 aromatic heterocycles. The molecule has 0 aliphatic heterocycles. The molecule has 1 amide bonds. The van der Waals surface area contributed by atoms with E-state index in [0.29, 0.717) is 17.6 Å². The summed E-state index contributed by atoms with van der Waals surface area (Å²) in [5.41, 5.74) is 1.69. The van der Waals surface area contributed by atoms with E-state index in [1.54, 1.807) is 18.2 Å². The van der Waals surface area contributed by atoms with Gasteiger partial charge in [0.25, 0.3) is 5.56 Å². The molecule has 6 nitrogen and oxygen atoms in total. The topological polar surface area (TPSA) is 77.1 Å². The molecule has 2 heterocycles. The van der Waals surface area contributed by atoms with Crippen molar-refractivity contribution < 1.29 is 13.6 Å². The Morgan fingerprint density at radius 1 is 1.13 bits per heavy atom. The van der Waals surface area contributed by atoms with E-state index in [1.807, 2.05) is 18.2 Å². The van der Waals surface area contributed by atoms with Gasteiger partial charge < -0.3 is 9.73 Å². The van der Waals surface area contributed by atoms with Gasteiger partial charge in [-0.25, -0.2) is 9.37 Å². The number of nitrogens with zero attached hydrogens (tertiary/aromatic N) is 2. The number of aromatic nitrogens is 2. The van der Waals surface area contributed by atoms with Gasteiger partial charge in [0, 0.05) is 17.3 Å². The maximum atomic E-state index is 13.4. The number of hydrogen-bond donors (Lipinski definition) is 1. The third-order valence-electron chi connectivity index (χ3n) is 6.31. The molecule has 2 aromatic carbocycles. The van der Waals surface area contributed by atoms with Crippen LogP contribution < -0.4 is 10.9 Å². The van der Waals surface area contributed by atoms with Crippen molar-refractivity contribution in [3.63, 3.8) is 0 Å². The van der Waals surface area contributed by atoms with E-state index in [-0.39, 0.29) is 34.8 Å². The summed E-state index contributed by atoms with van der Waals surface area (Å²) in [6.45, 7) is 0.310. The molecular weight excluding hydrogens is 397 g/mol. The number of nitrogens with one attached hydrogen (secondary N) is 1. The molecule has 1 aliphatic carbocycles. The highest BCUT2D eigenvalue weighted by Crippen LogP contribution is 2.40. The minimum Gasteiger partial charge on any atom is -0.448 e. The normalized spacial score (nSPS) is 15.5. The first-order chi connectivity index (χ1) is 15.1. The zero-order chi connectivity index (χ0) is 21.4. The van der Waals surface area contributed by atoms with Crippen molar-refractivity contribution in [3.05, 3.63) is 76.6 Å². The maximum absolute atomic E-state index is 13.4. The van der Waals surface area contributed by atoms with Gasteiger partial charge in [-0.3, -0.25) is 14.2 Å². The maximum Gasteiger partial charge on any atom is 0.297 e. The van der Waals surface area contributed by atoms with Crippen LogP contribution in [-0.2, 0) is 16.8 Å². The zero-order valence-corrected chi connectivity index (χ0v) is 16.9. The average molecular weight is 419 g/mol. The Kier molecular flexibility index (Phi) is 4.81. The highest BCUT2D eigenvalue weighted by Gasteiger charge is 2.35. The SMILES string of the molecule is O=C(Cn1cnc2c(oc3ccccc32)c1=O)NCC1(c2ccc(F)cc2)CCCC1. The molecule has 5 rings (SSSR count). The number of halogens is 1. The van der Waals surface area contributed by atoms with Crippen LogP contribution >= 0.6 is 0 Å². The van der Waals surface area contributed by atoms with Gasteiger partial charge in [0.05, 0.1) is 6.33 Å². The summed E-state index contributed by atoms with van der Waals surface area (Å²) < 4.78 is 20.3. The predicted molar refractivity (Wildman–Crippen MR) is 115 cm³/mol. The van der Waals surface area contributed by atoms with Gasteiger partial charge in [-0.2, -0.15) is 0 Å². The average Bonchev–Trinajstić information content (AvgIpc) is 3.41. The number of fused-ring (bicyclic) bond motifs is 3. The second-order valence-corrected chi connectivity index (χ2v) is 8.22. The van der Waals surface area contributed by atoms with Crippen LogP contribution in [-0.4, -0.2) is 22.0 Å². The summed E-state index contributed by atoms with van der Waals surface area (Å²) in [5.74, 6) is -0.540. The van der Waals surface area contributed by atoms with Crippen LogP contribution in [0.2, 0.25) is 0 Å². The van der Waals surface area contributed by atoms with Crippen LogP contribution in [0.3, 0.4) is 0 Å². The summed E-state index contributed by atoms with van der Waals surface area (Å²) in [5, 5.41) is 3.75. The summed E-state index contributed by atoms with van der Waals surface area (Å²) >= 11 is 0. The van der Waals surface area contributed by atoms with Gasteiger partial charge in [0.15, 0.2) is 0 Å². The fraction of sp³-hybridized carbons (Fsp3) is 0.292. The van der Waals surface area contributed by atoms with Gasteiger partial charge in [0.1, 0.15) is 23.5 Å². The van der Waals surface area contributed by atoms with Gasteiger partial charge >= 0.3 is 0 Å². The molecule has 1 N–H and O–H groups in total. The van der Waals surface area contributed by atoms with Crippen molar-refractivity contribution in [2.75, 3.05) is 6.54 Å². The van der Waals surface area contributed by atoms with Gasteiger partial charge in [-0.15, -0.1) is 0 Å². The number of carbonyl (C=O) groups excluding carboxylic acids is 1. The van der Waals surface area contributed by atoms with E-state index in [4.69, 9.17) is 4.42 Å². The number of amides is 1. The zero-order valence-electron chi connectivity index (χ0n) is 16.9. The van der Waals surface area contributed by atoms with Crippen LogP contribution in [0.5, 0.6) is 0 Å². The van der Waals surface area contributed by atoms with Crippen LogP contribution in [0, 0.1) is 5.82 Å². The molecule has 0 unspecified atom stereocenters. The lowest BCUT2D eigenvalue weighted by molar-refractivity contribution is -0.122. The molecule has 31 heavy (non-hydrogen) atoms. The first-order valence-electron chi connectivity index (χ1n) is 10.5. The molecule has 1 aliphatic rings. The van der Waals surface area contributed by atoms with Crippen molar-refractivity contribution in [2.24, 2.45) is 0 Å². The molecule has 0 bridgehead atoms. The standard InChI is InChI=1S/C24H22FN3O3/c25-17-9-7-16(8-10-17)24(11-3-4-12-24)14-26-20(29)13-28-15-27-21-18-5-1-2-6-19(18)31-22(21)23(28)30/h1-2,5-10,15H,3-4,11-14H2,(H,26,29). The lowest BCUT2D eigenvalue weighted by Crippen LogP contribution is -2.41. The summed E-state index contributed by atoms with van der Waals surface area (Å²) in [4.78, 5) is 29.8. The van der Waals surface area contributed by atoms with Crippen molar-refractivity contribution >= 4 is 28.0 Å². The second kappa shape index (κ2) is 7.65. The molecule has 158 valence electrons. The van der Waals surface area contributed by atoms with Crippen molar-refractivity contribution in [1.29, 1.82) is 0 Å². The third-order valence-corrected chi connectivity index (χ3v) is 6.31. The van der Waals surface area contributed by atoms with E-state index in [9.17, 15) is 14.0 Å². The van der Waals surface area contributed by atoms with Crippen molar-refractivity contribution in [1.82, 2.24) is 14.9 Å². The van der Waals surface area contributed by atoms with E-state index >= 15 is 0 Å². The largest absolute Gasteiger partial charge is 0.448 e. The van der Waals surface area contributed by atoms with Gasteiger partial charge in [-0.05, 0) is 42.7 Å². The number of hydrogen-bond acceptors (Lipinski definition) is 4. The molecule has 0 saturated heterocycles. The quantitative estimate of drug-likeness (QED) is 0.532.